The molecule has 0 radical (unpaired) electrons. The Morgan fingerprint density at radius 3 is 2.24 bits per heavy atom. The molecule has 4 aromatic carbocycles. The van der Waals surface area contributed by atoms with Gasteiger partial charge in [-0.25, -0.2) is 0 Å². The van der Waals surface area contributed by atoms with Gasteiger partial charge in [-0.2, -0.15) is 0 Å². The van der Waals surface area contributed by atoms with E-state index in [1.54, 1.807) is 0 Å². The fraction of sp³-hybridized carbons (Fsp3) is 0.231. The second-order valence-electron chi connectivity index (χ2n) is 15.4. The third-order valence-electron chi connectivity index (χ3n) is 12.0. The average molecular weight is 703 g/mol. The van der Waals surface area contributed by atoms with Crippen molar-refractivity contribution in [3.05, 3.63) is 169 Å². The molecule has 0 fully saturated rings. The van der Waals surface area contributed by atoms with E-state index < -0.39 is 0 Å². The second kappa shape index (κ2) is 14.7. The summed E-state index contributed by atoms with van der Waals surface area (Å²) in [4.78, 5) is 0. The third-order valence-corrected chi connectivity index (χ3v) is 12.0. The van der Waals surface area contributed by atoms with Crippen LogP contribution >= 0.6 is 0 Å². The average Bonchev–Trinajstić information content (AvgIpc) is 3.76. The highest BCUT2D eigenvalue weighted by atomic mass is 15.0. The Kier molecular flexibility index (Phi) is 9.29. The minimum absolute atomic E-state index is 0.423. The molecule has 9 rings (SSSR count). The Hall–Kier alpha value is -5.60. The van der Waals surface area contributed by atoms with Gasteiger partial charge in [-0.15, -0.1) is 6.58 Å². The third kappa shape index (κ3) is 5.99. The highest BCUT2D eigenvalue weighted by Gasteiger charge is 2.27. The van der Waals surface area contributed by atoms with Gasteiger partial charge in [0.1, 0.15) is 0 Å². The molecule has 2 atom stereocenters. The van der Waals surface area contributed by atoms with Crippen molar-refractivity contribution in [2.45, 2.75) is 64.7 Å². The van der Waals surface area contributed by atoms with Crippen molar-refractivity contribution in [1.29, 1.82) is 0 Å². The zero-order valence-corrected chi connectivity index (χ0v) is 31.6. The maximum absolute atomic E-state index is 4.61. The number of allylic oxidation sites excluding steroid dienone is 14. The summed E-state index contributed by atoms with van der Waals surface area (Å²) in [7, 11) is 0. The van der Waals surface area contributed by atoms with Gasteiger partial charge >= 0.3 is 0 Å². The van der Waals surface area contributed by atoms with Gasteiger partial charge in [-0.05, 0) is 127 Å². The molecular weight excluding hydrogens is 653 g/mol. The van der Waals surface area contributed by atoms with Crippen LogP contribution in [0.3, 0.4) is 0 Å². The molecule has 2 aromatic heterocycles. The molecule has 2 unspecified atom stereocenters. The van der Waals surface area contributed by atoms with Crippen LogP contribution in [0.1, 0.15) is 64.7 Å². The summed E-state index contributed by atoms with van der Waals surface area (Å²) in [6.07, 6.45) is 31.4. The molecule has 3 aliphatic carbocycles. The van der Waals surface area contributed by atoms with Crippen LogP contribution in [0.4, 0.5) is 0 Å². The van der Waals surface area contributed by atoms with Crippen LogP contribution in [0, 0.1) is 11.8 Å². The van der Waals surface area contributed by atoms with Crippen LogP contribution in [0.5, 0.6) is 0 Å². The molecule has 2 heteroatoms. The van der Waals surface area contributed by atoms with Crippen LogP contribution in [0.15, 0.2) is 169 Å². The number of hydrogen-bond donors (Lipinski definition) is 0. The van der Waals surface area contributed by atoms with Gasteiger partial charge in [-0.1, -0.05) is 123 Å². The first-order valence-electron chi connectivity index (χ1n) is 20.2. The van der Waals surface area contributed by atoms with Crippen molar-refractivity contribution >= 4 is 55.0 Å². The maximum atomic E-state index is 4.61. The van der Waals surface area contributed by atoms with Gasteiger partial charge in [0.2, 0.25) is 0 Å². The van der Waals surface area contributed by atoms with Crippen molar-refractivity contribution in [2.75, 3.05) is 0 Å². The number of rotatable bonds is 10. The van der Waals surface area contributed by atoms with Crippen molar-refractivity contribution in [1.82, 2.24) is 9.13 Å². The molecule has 2 heterocycles. The molecular formula is C52H50N2. The summed E-state index contributed by atoms with van der Waals surface area (Å²) in [5.74, 6) is 0.879. The predicted molar refractivity (Wildman–Crippen MR) is 234 cm³/mol. The highest BCUT2D eigenvalue weighted by molar-refractivity contribution is 6.22. The zero-order chi connectivity index (χ0) is 36.6. The molecule has 54 heavy (non-hydrogen) atoms. The van der Waals surface area contributed by atoms with Gasteiger partial charge < -0.3 is 9.13 Å². The lowest BCUT2D eigenvalue weighted by Gasteiger charge is -2.30. The van der Waals surface area contributed by atoms with Gasteiger partial charge in [0.15, 0.2) is 0 Å². The number of para-hydroxylation sites is 2. The molecule has 0 saturated carbocycles. The van der Waals surface area contributed by atoms with Crippen LogP contribution < -0.4 is 0 Å². The van der Waals surface area contributed by atoms with E-state index in [1.165, 1.54) is 103 Å². The number of nitrogens with zero attached hydrogens (tertiary/aromatic N) is 2. The monoisotopic (exact) mass is 702 g/mol. The normalized spacial score (nSPS) is 18.3. The van der Waals surface area contributed by atoms with E-state index in [0.29, 0.717) is 11.8 Å². The fourth-order valence-corrected chi connectivity index (χ4v) is 9.52. The predicted octanol–water partition coefficient (Wildman–Crippen LogP) is 14.8. The lowest BCUT2D eigenvalue weighted by Crippen LogP contribution is -2.17. The van der Waals surface area contributed by atoms with Crippen molar-refractivity contribution in [2.24, 2.45) is 11.8 Å². The first-order chi connectivity index (χ1) is 26.6. The topological polar surface area (TPSA) is 9.86 Å². The summed E-state index contributed by atoms with van der Waals surface area (Å²) < 4.78 is 4.93. The zero-order valence-electron chi connectivity index (χ0n) is 31.6. The molecule has 2 nitrogen and oxygen atoms in total. The number of aromatic nitrogens is 2. The van der Waals surface area contributed by atoms with Crippen LogP contribution in [-0.4, -0.2) is 9.13 Å². The molecule has 0 amide bonds. The second-order valence-corrected chi connectivity index (χ2v) is 15.4. The lowest BCUT2D eigenvalue weighted by atomic mass is 9.78. The molecule has 0 spiro atoms. The minimum atomic E-state index is 0.423. The van der Waals surface area contributed by atoms with E-state index in [4.69, 9.17) is 0 Å². The van der Waals surface area contributed by atoms with Gasteiger partial charge in [0.05, 0.1) is 22.1 Å². The van der Waals surface area contributed by atoms with Crippen LogP contribution in [0.2, 0.25) is 0 Å². The van der Waals surface area contributed by atoms with E-state index in [-0.39, 0.29) is 0 Å². The van der Waals surface area contributed by atoms with Gasteiger partial charge in [-0.3, -0.25) is 0 Å². The number of hydrogen-bond acceptors (Lipinski definition) is 0. The van der Waals surface area contributed by atoms with E-state index in [9.17, 15) is 0 Å². The standard InChI is InChI=1S/C52H50N2/c1-4-18-38(5-2)40-33-41(39-21-10-7-11-22-39)35-42(34-40)54-48-28-15-13-24-46(48)52-44(26-17-30-50(52)54)43-25-16-29-49-51(43)45-23-12-14-27-47(45)53(49)36(3)31-32-37-19-8-6-9-20-37/h5,8,12-17,19-21,23-33,35,38,40H,2-4,6-7,9-11,18,22,34H2,1H3/b32-31-. The molecule has 0 bridgehead atoms. The smallest absolute Gasteiger partial charge is 0.0547 e. The van der Waals surface area contributed by atoms with Gasteiger partial charge in [0.25, 0.3) is 0 Å². The SMILES string of the molecule is C=CC(CCC)C1C=C(C2=CCCCC2)C=C(n2c3ccccc3c3c(-c4cccc5c4c4ccccc4n5C(=C)/C=C\C4=CCCC=C4)cccc32)C1. The van der Waals surface area contributed by atoms with E-state index >= 15 is 0 Å². The first-order valence-corrected chi connectivity index (χ1v) is 20.2. The van der Waals surface area contributed by atoms with Crippen molar-refractivity contribution in [3.63, 3.8) is 0 Å². The molecule has 0 saturated heterocycles. The highest BCUT2D eigenvalue weighted by Crippen LogP contribution is 2.46. The van der Waals surface area contributed by atoms with E-state index in [0.717, 1.165) is 37.8 Å². The summed E-state index contributed by atoms with van der Waals surface area (Å²) in [5.41, 5.74) is 14.0. The largest absolute Gasteiger partial charge is 0.313 e. The lowest BCUT2D eigenvalue weighted by molar-refractivity contribution is 0.441. The van der Waals surface area contributed by atoms with Crippen LogP contribution in [0.25, 0.3) is 66.1 Å². The van der Waals surface area contributed by atoms with Crippen molar-refractivity contribution < 1.29 is 0 Å². The number of fused-ring (bicyclic) bond motifs is 6. The van der Waals surface area contributed by atoms with Crippen LogP contribution in [-0.2, 0) is 0 Å². The van der Waals surface area contributed by atoms with E-state index in [2.05, 4.69) is 169 Å². The Labute approximate surface area is 320 Å². The Balaban J connectivity index is 1.24. The Morgan fingerprint density at radius 1 is 0.796 bits per heavy atom. The summed E-state index contributed by atoms with van der Waals surface area (Å²) in [6, 6.07) is 31.6. The molecule has 0 aliphatic heterocycles. The molecule has 6 aromatic rings. The molecule has 268 valence electrons. The number of benzene rings is 4. The minimum Gasteiger partial charge on any atom is -0.313 e. The fourth-order valence-electron chi connectivity index (χ4n) is 9.52. The summed E-state index contributed by atoms with van der Waals surface area (Å²) in [5, 5.41) is 5.12. The van der Waals surface area contributed by atoms with E-state index in [1.807, 2.05) is 0 Å². The quantitative estimate of drug-likeness (QED) is 0.0993. The summed E-state index contributed by atoms with van der Waals surface area (Å²) >= 11 is 0. The first kappa shape index (κ1) is 34.2. The Morgan fingerprint density at radius 2 is 1.52 bits per heavy atom. The Bertz CT molecular complexity index is 2640. The van der Waals surface area contributed by atoms with Crippen molar-refractivity contribution in [3.8, 4) is 11.1 Å². The summed E-state index contributed by atoms with van der Waals surface area (Å²) in [6.45, 7) is 11.2. The maximum Gasteiger partial charge on any atom is 0.0547 e. The molecule has 0 N–H and O–H groups in total. The molecule has 3 aliphatic rings. The van der Waals surface area contributed by atoms with Gasteiger partial charge in [0, 0.05) is 32.9 Å².